The van der Waals surface area contributed by atoms with Gasteiger partial charge in [0.25, 0.3) is 10.0 Å². The molecule has 2 atom stereocenters. The van der Waals surface area contributed by atoms with E-state index < -0.39 is 27.5 Å². The topological polar surface area (TPSA) is 112 Å². The maximum Gasteiger partial charge on any atom is 0.343 e. The van der Waals surface area contributed by atoms with Crippen molar-refractivity contribution in [1.29, 1.82) is 0 Å². The number of likely N-dealkylation sites (tertiary alicyclic amines) is 1. The van der Waals surface area contributed by atoms with Crippen molar-refractivity contribution < 1.29 is 17.9 Å². The Morgan fingerprint density at radius 1 is 0.976 bits per heavy atom. The molecule has 214 valence electrons. The number of rotatable bonds is 9. The first-order chi connectivity index (χ1) is 19.7. The van der Waals surface area contributed by atoms with Gasteiger partial charge in [-0.2, -0.15) is 13.5 Å². The van der Waals surface area contributed by atoms with Gasteiger partial charge in [0.05, 0.1) is 15.8 Å². The molecule has 3 aromatic carbocycles. The molecule has 2 N–H and O–H groups in total. The van der Waals surface area contributed by atoms with Gasteiger partial charge in [0.1, 0.15) is 11.3 Å². The van der Waals surface area contributed by atoms with Crippen LogP contribution in [0.1, 0.15) is 48.8 Å². The Morgan fingerprint density at radius 2 is 1.63 bits per heavy atom. The number of sulfonamides is 1. The molecule has 0 aliphatic carbocycles. The summed E-state index contributed by atoms with van der Waals surface area (Å²) in [5.74, 6) is -1.24. The number of nitrogens with zero attached hydrogens (tertiary/aromatic N) is 2. The maximum atomic E-state index is 13.5. The van der Waals surface area contributed by atoms with Crippen LogP contribution in [0.4, 0.5) is 0 Å². The molecule has 2 heterocycles. The Kier molecular flexibility index (Phi) is 8.56. The van der Waals surface area contributed by atoms with Gasteiger partial charge in [0.15, 0.2) is 0 Å². The first-order valence-electron chi connectivity index (χ1n) is 13.9. The van der Waals surface area contributed by atoms with Gasteiger partial charge in [0.2, 0.25) is 0 Å². The monoisotopic (exact) mass is 573 g/mol. The van der Waals surface area contributed by atoms with Gasteiger partial charge in [-0.15, -0.1) is 0 Å². The Hall–Kier alpha value is -3.95. The van der Waals surface area contributed by atoms with Crippen LogP contribution in [-0.2, 0) is 10.0 Å². The molecule has 0 saturated carbocycles. The van der Waals surface area contributed by atoms with E-state index in [0.717, 1.165) is 43.5 Å². The van der Waals surface area contributed by atoms with E-state index in [9.17, 15) is 18.3 Å². The van der Waals surface area contributed by atoms with Crippen LogP contribution < -0.4 is 10.5 Å². The van der Waals surface area contributed by atoms with Crippen LogP contribution in [0.2, 0.25) is 0 Å². The minimum absolute atomic E-state index is 0.111. The SMILES string of the molecule is C/C(=N/NS(=O)(=O)c1ccc(C)cc1)[C@@H](CN1CCCCC1)[C@@H](c1ccccc1)c1c(O)c2ccccc2oc1=O. The number of fused-ring (bicyclic) bond motifs is 1. The molecule has 0 spiro atoms. The zero-order valence-corrected chi connectivity index (χ0v) is 24.1. The predicted molar refractivity (Wildman–Crippen MR) is 161 cm³/mol. The summed E-state index contributed by atoms with van der Waals surface area (Å²) in [4.78, 5) is 18.4. The van der Waals surface area contributed by atoms with Gasteiger partial charge in [-0.1, -0.05) is 66.6 Å². The summed E-state index contributed by atoms with van der Waals surface area (Å²) in [6, 6.07) is 22.9. The minimum atomic E-state index is -3.92. The second-order valence-electron chi connectivity index (χ2n) is 10.7. The Bertz CT molecular complexity index is 1690. The van der Waals surface area contributed by atoms with Gasteiger partial charge in [0, 0.05) is 24.1 Å². The Morgan fingerprint density at radius 3 is 2.34 bits per heavy atom. The first-order valence-corrected chi connectivity index (χ1v) is 15.4. The van der Waals surface area contributed by atoms with Crippen molar-refractivity contribution in [2.45, 2.75) is 43.9 Å². The summed E-state index contributed by atoms with van der Waals surface area (Å²) in [6.45, 7) is 5.95. The van der Waals surface area contributed by atoms with Crippen LogP contribution in [-0.4, -0.2) is 43.8 Å². The predicted octanol–water partition coefficient (Wildman–Crippen LogP) is 5.40. The highest BCUT2D eigenvalue weighted by atomic mass is 32.2. The number of hydrogen-bond donors (Lipinski definition) is 2. The molecule has 4 aromatic rings. The van der Waals surface area contributed by atoms with Crippen LogP contribution >= 0.6 is 0 Å². The second-order valence-corrected chi connectivity index (χ2v) is 12.3. The van der Waals surface area contributed by atoms with Crippen molar-refractivity contribution in [2.24, 2.45) is 11.0 Å². The number of aromatic hydroxyl groups is 1. The van der Waals surface area contributed by atoms with Crippen LogP contribution in [0.25, 0.3) is 11.0 Å². The molecular formula is C32H35N3O5S. The first kappa shape index (κ1) is 28.6. The smallest absolute Gasteiger partial charge is 0.343 e. The van der Waals surface area contributed by atoms with Crippen molar-refractivity contribution in [3.63, 3.8) is 0 Å². The molecule has 1 aliphatic rings. The Balaban J connectivity index is 1.63. The van der Waals surface area contributed by atoms with Crippen LogP contribution in [0, 0.1) is 12.8 Å². The molecule has 9 heteroatoms. The molecule has 1 fully saturated rings. The highest BCUT2D eigenvalue weighted by Crippen LogP contribution is 2.39. The summed E-state index contributed by atoms with van der Waals surface area (Å²) < 4.78 is 31.9. The van der Waals surface area contributed by atoms with E-state index in [1.807, 2.05) is 37.3 Å². The van der Waals surface area contributed by atoms with E-state index in [0.29, 0.717) is 23.2 Å². The molecule has 41 heavy (non-hydrogen) atoms. The van der Waals surface area contributed by atoms with Gasteiger partial charge >= 0.3 is 5.63 Å². The number of aryl methyl sites for hydroxylation is 1. The minimum Gasteiger partial charge on any atom is -0.507 e. The van der Waals surface area contributed by atoms with Gasteiger partial charge in [-0.3, -0.25) is 0 Å². The summed E-state index contributed by atoms with van der Waals surface area (Å²) in [7, 11) is -3.92. The molecule has 0 unspecified atom stereocenters. The largest absolute Gasteiger partial charge is 0.507 e. The van der Waals surface area contributed by atoms with Crippen molar-refractivity contribution in [1.82, 2.24) is 9.73 Å². The number of hydrogen-bond acceptors (Lipinski definition) is 7. The fourth-order valence-corrected chi connectivity index (χ4v) is 6.43. The summed E-state index contributed by atoms with van der Waals surface area (Å²) in [5, 5.41) is 16.3. The molecule has 1 aliphatic heterocycles. The number of benzene rings is 3. The van der Waals surface area contributed by atoms with E-state index in [1.54, 1.807) is 55.5 Å². The normalized spacial score (nSPS) is 16.4. The van der Waals surface area contributed by atoms with Crippen LogP contribution in [0.15, 0.2) is 98.1 Å². The average Bonchev–Trinajstić information content (AvgIpc) is 2.98. The lowest BCUT2D eigenvalue weighted by Gasteiger charge is -2.34. The molecule has 8 nitrogen and oxygen atoms in total. The number of hydrazone groups is 1. The van der Waals surface area contributed by atoms with E-state index in [-0.39, 0.29) is 16.2 Å². The molecule has 0 bridgehead atoms. The third-order valence-corrected chi connectivity index (χ3v) is 9.03. The highest BCUT2D eigenvalue weighted by molar-refractivity contribution is 7.89. The summed E-state index contributed by atoms with van der Waals surface area (Å²) >= 11 is 0. The van der Waals surface area contributed by atoms with Crippen LogP contribution in [0.5, 0.6) is 5.75 Å². The molecular weight excluding hydrogens is 538 g/mol. The average molecular weight is 574 g/mol. The summed E-state index contributed by atoms with van der Waals surface area (Å²) in [5.41, 5.74) is 2.04. The zero-order chi connectivity index (χ0) is 29.0. The number of piperidine rings is 1. The second kappa shape index (κ2) is 12.3. The molecule has 5 rings (SSSR count). The number of nitrogens with one attached hydrogen (secondary N) is 1. The van der Waals surface area contributed by atoms with Crippen molar-refractivity contribution >= 4 is 26.7 Å². The van der Waals surface area contributed by atoms with Crippen molar-refractivity contribution in [3.8, 4) is 5.75 Å². The highest BCUT2D eigenvalue weighted by Gasteiger charge is 2.35. The molecule has 1 saturated heterocycles. The van der Waals surface area contributed by atoms with Gasteiger partial charge < -0.3 is 14.4 Å². The van der Waals surface area contributed by atoms with E-state index in [4.69, 9.17) is 4.42 Å². The van der Waals surface area contributed by atoms with E-state index in [1.165, 1.54) is 0 Å². The fraction of sp³-hybridized carbons (Fsp3) is 0.312. The van der Waals surface area contributed by atoms with Crippen LogP contribution in [0.3, 0.4) is 0 Å². The number of para-hydroxylation sites is 1. The van der Waals surface area contributed by atoms with E-state index in [2.05, 4.69) is 14.8 Å². The van der Waals surface area contributed by atoms with Crippen molar-refractivity contribution in [2.75, 3.05) is 19.6 Å². The lowest BCUT2D eigenvalue weighted by Crippen LogP contribution is -2.40. The Labute approximate surface area is 240 Å². The van der Waals surface area contributed by atoms with Gasteiger partial charge in [-0.05, 0) is 69.6 Å². The summed E-state index contributed by atoms with van der Waals surface area (Å²) in [6.07, 6.45) is 3.27. The fourth-order valence-electron chi connectivity index (χ4n) is 5.57. The third kappa shape index (κ3) is 6.36. The van der Waals surface area contributed by atoms with E-state index >= 15 is 0 Å². The quantitative estimate of drug-likeness (QED) is 0.158. The molecule has 0 radical (unpaired) electrons. The third-order valence-electron chi connectivity index (χ3n) is 7.81. The lowest BCUT2D eigenvalue weighted by atomic mass is 9.78. The van der Waals surface area contributed by atoms with Gasteiger partial charge in [-0.25, -0.2) is 9.63 Å². The standard InChI is InChI=1S/C32H35N3O5S/c1-22-15-17-25(18-16-22)41(38,39)34-33-23(2)27(21-35-19-9-4-10-20-35)29(24-11-5-3-6-12-24)30-31(36)26-13-7-8-14-28(26)40-32(30)37/h3,5-8,11-18,27,29,34,36H,4,9-10,19-21H2,1-2H3/b33-23-/t27-,29-/m1/s1. The zero-order valence-electron chi connectivity index (χ0n) is 23.3. The molecule has 0 amide bonds. The lowest BCUT2D eigenvalue weighted by molar-refractivity contribution is 0.207. The van der Waals surface area contributed by atoms with Crippen molar-refractivity contribution in [3.05, 3.63) is 106 Å². The molecule has 1 aromatic heterocycles. The maximum absolute atomic E-state index is 13.5.